The number of hydrogen-bond acceptors (Lipinski definition) is 3. The summed E-state index contributed by atoms with van der Waals surface area (Å²) in [6.45, 7) is -1.85. The number of nitrogens with zero attached hydrogens (tertiary/aromatic N) is 2. The maximum absolute atomic E-state index is 11.8. The van der Waals surface area contributed by atoms with Crippen molar-refractivity contribution in [3.8, 4) is 0 Å². The second kappa shape index (κ2) is 12.9. The molecule has 0 radical (unpaired) electrons. The highest BCUT2D eigenvalue weighted by Crippen LogP contribution is 2.11. The van der Waals surface area contributed by atoms with Crippen molar-refractivity contribution in [2.75, 3.05) is 13.5 Å². The second-order valence-electron chi connectivity index (χ2n) is 5.71. The monoisotopic (exact) mass is 332 g/mol. The molecule has 23 heavy (non-hydrogen) atoms. The topological polar surface area (TPSA) is 116 Å². The Hall–Kier alpha value is -1.63. The maximum Gasteiger partial charge on any atom is 0.323 e. The van der Waals surface area contributed by atoms with Gasteiger partial charge in [0.2, 0.25) is 5.91 Å². The van der Waals surface area contributed by atoms with Crippen LogP contribution in [-0.4, -0.2) is 52.6 Å². The number of aliphatic imine (C=N–C) groups is 1. The molecule has 0 aliphatic heterocycles. The van der Waals surface area contributed by atoms with E-state index in [0.29, 0.717) is 11.3 Å². The third-order valence-electron chi connectivity index (χ3n) is 3.32. The molecule has 0 bridgehead atoms. The molecule has 0 aromatic rings. The van der Waals surface area contributed by atoms with Gasteiger partial charge in [-0.1, -0.05) is 38.5 Å². The summed E-state index contributed by atoms with van der Waals surface area (Å²) in [7, 11) is 0. The van der Waals surface area contributed by atoms with E-state index in [4.69, 9.17) is 20.1 Å². The van der Waals surface area contributed by atoms with E-state index >= 15 is 0 Å². The van der Waals surface area contributed by atoms with Crippen LogP contribution in [0.2, 0.25) is 0 Å². The van der Waals surface area contributed by atoms with Gasteiger partial charge in [0.15, 0.2) is 5.96 Å². The quantitative estimate of drug-likeness (QED) is 0.285. The predicted molar refractivity (Wildman–Crippen MR) is 90.1 cm³/mol. The lowest BCUT2D eigenvalue weighted by Crippen LogP contribution is -2.38. The number of carbonyl (C=O) groups is 2. The molecule has 7 heteroatoms. The molecule has 0 aliphatic rings. The number of aliphatic carboxylic acids is 1. The number of guanidine groups is 1. The first-order valence-electron chi connectivity index (χ1n) is 9.58. The van der Waals surface area contributed by atoms with Gasteiger partial charge in [-0.2, -0.15) is 4.99 Å². The Bertz CT molecular complexity index is 468. The molecule has 0 fully saturated rings. The van der Waals surface area contributed by atoms with Gasteiger partial charge in [-0.15, -0.1) is 0 Å². The molecular formula is C16H31N3O4. The van der Waals surface area contributed by atoms with Gasteiger partial charge < -0.3 is 20.8 Å². The van der Waals surface area contributed by atoms with Crippen LogP contribution in [-0.2, 0) is 9.59 Å². The first kappa shape index (κ1) is 16.2. The standard InChI is InChI=1S/C16H31N3O4/c1-13(20)10-8-6-4-3-5-7-9-11-14(21)18-16(17)19(2)12-15(22)23/h13,20H,3-12H2,1-2H3,(H,22,23)(H2,17,18,21)/i2D3. The summed E-state index contributed by atoms with van der Waals surface area (Å²) < 4.78 is 21.8. The van der Waals surface area contributed by atoms with Gasteiger partial charge in [-0.05, 0) is 19.8 Å². The number of carbonyl (C=O) groups excluding carboxylic acids is 1. The van der Waals surface area contributed by atoms with Crippen LogP contribution in [0, 0.1) is 0 Å². The van der Waals surface area contributed by atoms with E-state index in [1.165, 1.54) is 0 Å². The van der Waals surface area contributed by atoms with E-state index < -0.39 is 31.4 Å². The van der Waals surface area contributed by atoms with E-state index in [0.717, 1.165) is 44.9 Å². The summed E-state index contributed by atoms with van der Waals surface area (Å²) >= 11 is 0. The first-order chi connectivity index (χ1) is 12.0. The fourth-order valence-electron chi connectivity index (χ4n) is 2.06. The van der Waals surface area contributed by atoms with Crippen molar-refractivity contribution in [2.24, 2.45) is 10.7 Å². The lowest BCUT2D eigenvalue weighted by Gasteiger charge is -2.14. The fraction of sp³-hybridized carbons (Fsp3) is 0.812. The Morgan fingerprint density at radius 3 is 2.26 bits per heavy atom. The summed E-state index contributed by atoms with van der Waals surface area (Å²) in [5.74, 6) is -2.53. The number of nitrogens with two attached hydrogens (primary N) is 1. The molecule has 0 saturated carbocycles. The van der Waals surface area contributed by atoms with E-state index in [1.54, 1.807) is 6.92 Å². The van der Waals surface area contributed by atoms with Crippen molar-refractivity contribution in [1.29, 1.82) is 0 Å². The van der Waals surface area contributed by atoms with E-state index in [-0.39, 0.29) is 12.5 Å². The molecule has 0 saturated heterocycles. The highest BCUT2D eigenvalue weighted by molar-refractivity contribution is 5.93. The number of aliphatic hydroxyl groups excluding tert-OH is 1. The molecule has 1 atom stereocenters. The van der Waals surface area contributed by atoms with Crippen LogP contribution < -0.4 is 5.73 Å². The minimum atomic E-state index is -2.78. The summed E-state index contributed by atoms with van der Waals surface area (Å²) in [5.41, 5.74) is 5.49. The van der Waals surface area contributed by atoms with Crippen molar-refractivity contribution >= 4 is 17.8 Å². The summed E-state index contributed by atoms with van der Waals surface area (Å²) in [4.78, 5) is 26.4. The van der Waals surface area contributed by atoms with E-state index in [2.05, 4.69) is 4.99 Å². The van der Waals surface area contributed by atoms with Crippen LogP contribution >= 0.6 is 0 Å². The fourth-order valence-corrected chi connectivity index (χ4v) is 2.06. The van der Waals surface area contributed by atoms with Gasteiger partial charge in [-0.3, -0.25) is 9.59 Å². The molecule has 134 valence electrons. The third kappa shape index (κ3) is 13.7. The zero-order valence-electron chi connectivity index (χ0n) is 16.8. The molecule has 1 unspecified atom stereocenters. The van der Waals surface area contributed by atoms with Gasteiger partial charge in [0.05, 0.1) is 6.10 Å². The molecule has 0 aromatic heterocycles. The zero-order valence-corrected chi connectivity index (χ0v) is 13.8. The second-order valence-corrected chi connectivity index (χ2v) is 5.71. The van der Waals surface area contributed by atoms with Crippen LogP contribution in [0.5, 0.6) is 0 Å². The number of amides is 1. The Labute approximate surface area is 142 Å². The normalized spacial score (nSPS) is 15.4. The Morgan fingerprint density at radius 2 is 1.74 bits per heavy atom. The number of likely N-dealkylation sites (N-methyl/N-ethyl adjacent to an activating group) is 1. The number of unbranched alkanes of at least 4 members (excludes halogenated alkanes) is 6. The van der Waals surface area contributed by atoms with Gasteiger partial charge in [-0.25, -0.2) is 0 Å². The minimum absolute atomic E-state index is 0.143. The average Bonchev–Trinajstić information content (AvgIpc) is 2.49. The van der Waals surface area contributed by atoms with Crippen molar-refractivity contribution in [1.82, 2.24) is 4.90 Å². The Morgan fingerprint density at radius 1 is 1.17 bits per heavy atom. The molecule has 0 aromatic carbocycles. The summed E-state index contributed by atoms with van der Waals surface area (Å²) in [5, 5.41) is 17.9. The number of aliphatic hydroxyl groups is 1. The smallest absolute Gasteiger partial charge is 0.323 e. The number of rotatable bonds is 12. The SMILES string of the molecule is [2H]C([2H])([2H])N(CC(=O)O)C(N)=NC(=O)CCCCCCCCCC(C)O. The van der Waals surface area contributed by atoms with Gasteiger partial charge in [0, 0.05) is 17.5 Å². The largest absolute Gasteiger partial charge is 0.480 e. The van der Waals surface area contributed by atoms with Crippen LogP contribution in [0.25, 0.3) is 0 Å². The van der Waals surface area contributed by atoms with Crippen molar-refractivity contribution < 1.29 is 23.9 Å². The molecular weight excluding hydrogens is 298 g/mol. The summed E-state index contributed by atoms with van der Waals surface area (Å²) in [6, 6.07) is 0. The third-order valence-corrected chi connectivity index (χ3v) is 3.32. The van der Waals surface area contributed by atoms with Crippen LogP contribution in [0.3, 0.4) is 0 Å². The zero-order chi connectivity index (χ0) is 20.2. The molecule has 4 N–H and O–H groups in total. The molecule has 1 amide bonds. The highest BCUT2D eigenvalue weighted by atomic mass is 16.4. The van der Waals surface area contributed by atoms with Crippen LogP contribution in [0.4, 0.5) is 0 Å². The minimum Gasteiger partial charge on any atom is -0.480 e. The molecule has 0 rings (SSSR count). The van der Waals surface area contributed by atoms with Crippen molar-refractivity contribution in [3.05, 3.63) is 0 Å². The molecule has 0 aliphatic carbocycles. The van der Waals surface area contributed by atoms with Crippen molar-refractivity contribution in [3.63, 3.8) is 0 Å². The number of hydrogen-bond donors (Lipinski definition) is 3. The first-order valence-corrected chi connectivity index (χ1v) is 8.08. The lowest BCUT2D eigenvalue weighted by molar-refractivity contribution is -0.137. The van der Waals surface area contributed by atoms with Gasteiger partial charge in [0.25, 0.3) is 0 Å². The van der Waals surface area contributed by atoms with E-state index in [9.17, 15) is 9.59 Å². The summed E-state index contributed by atoms with van der Waals surface area (Å²) in [6.07, 6.45) is 7.44. The molecule has 7 nitrogen and oxygen atoms in total. The van der Waals surface area contributed by atoms with Gasteiger partial charge in [0.1, 0.15) is 6.54 Å². The molecule has 0 heterocycles. The Balaban J connectivity index is 4.08. The van der Waals surface area contributed by atoms with Crippen LogP contribution in [0.15, 0.2) is 4.99 Å². The maximum atomic E-state index is 11.8. The molecule has 0 spiro atoms. The predicted octanol–water partition coefficient (Wildman–Crippen LogP) is 1.74. The average molecular weight is 332 g/mol. The number of carboxylic acid groups (broad SMARTS) is 1. The van der Waals surface area contributed by atoms with Crippen molar-refractivity contribution in [2.45, 2.75) is 70.8 Å². The number of carboxylic acids is 1. The lowest BCUT2D eigenvalue weighted by atomic mass is 10.1. The Kier molecular flexibility index (Phi) is 9.08. The van der Waals surface area contributed by atoms with Crippen LogP contribution in [0.1, 0.15) is 68.8 Å². The highest BCUT2D eigenvalue weighted by Gasteiger charge is 2.08. The van der Waals surface area contributed by atoms with E-state index in [1.807, 2.05) is 0 Å². The van der Waals surface area contributed by atoms with Gasteiger partial charge >= 0.3 is 5.97 Å².